The normalized spacial score (nSPS) is 13.9. The number of hydrogen-bond acceptors (Lipinski definition) is 8. The second kappa shape index (κ2) is 12.5. The van der Waals surface area contributed by atoms with Crippen LogP contribution in [0.1, 0.15) is 35.3 Å². The zero-order valence-electron chi connectivity index (χ0n) is 22.0. The topological polar surface area (TPSA) is 73.4 Å². The van der Waals surface area contributed by atoms with Crippen molar-refractivity contribution < 1.29 is 23.7 Å². The minimum Gasteiger partial charge on any atom is -0.496 e. The summed E-state index contributed by atoms with van der Waals surface area (Å²) in [5.41, 5.74) is 2.86. The van der Waals surface area contributed by atoms with Crippen molar-refractivity contribution in [2.24, 2.45) is 0 Å². The van der Waals surface area contributed by atoms with Crippen molar-refractivity contribution in [2.75, 3.05) is 45.3 Å². The van der Waals surface area contributed by atoms with E-state index in [1.807, 2.05) is 32.0 Å². The molecule has 0 spiro atoms. The van der Waals surface area contributed by atoms with Gasteiger partial charge in [-0.05, 0) is 37.1 Å². The van der Waals surface area contributed by atoms with Gasteiger partial charge in [0.25, 0.3) is 0 Å². The fraction of sp³-hybridized carbons (Fsp3) is 0.379. The molecule has 1 aliphatic heterocycles. The lowest BCUT2D eigenvalue weighted by Gasteiger charge is -2.36. The predicted octanol–water partition coefficient (Wildman–Crippen LogP) is 4.57. The molecule has 1 aromatic heterocycles. The van der Waals surface area contributed by atoms with Crippen LogP contribution < -0.4 is 19.1 Å². The van der Waals surface area contributed by atoms with Crippen LogP contribution in [0.3, 0.4) is 0 Å². The van der Waals surface area contributed by atoms with Crippen molar-refractivity contribution in [3.63, 3.8) is 0 Å². The number of rotatable bonds is 10. The van der Waals surface area contributed by atoms with E-state index in [1.54, 1.807) is 32.5 Å². The average Bonchev–Trinajstić information content (AvgIpc) is 2.92. The Labute approximate surface area is 218 Å². The number of pyridine rings is 1. The van der Waals surface area contributed by atoms with E-state index in [-0.39, 0.29) is 12.1 Å². The number of carbonyl (C=O) groups excluding carboxylic acids is 1. The van der Waals surface area contributed by atoms with Crippen LogP contribution in [-0.4, -0.2) is 62.4 Å². The van der Waals surface area contributed by atoms with Gasteiger partial charge in [-0.3, -0.25) is 4.90 Å². The molecule has 0 atom stereocenters. The average molecular weight is 506 g/mol. The van der Waals surface area contributed by atoms with Crippen molar-refractivity contribution in [3.8, 4) is 17.2 Å². The maximum absolute atomic E-state index is 12.5. The van der Waals surface area contributed by atoms with Gasteiger partial charge in [0.2, 0.25) is 0 Å². The zero-order chi connectivity index (χ0) is 26.2. The predicted molar refractivity (Wildman–Crippen MR) is 143 cm³/mol. The summed E-state index contributed by atoms with van der Waals surface area (Å²) in [6.07, 6.45) is 1.56. The van der Waals surface area contributed by atoms with Gasteiger partial charge in [0.05, 0.1) is 20.3 Å². The number of hydrogen-bond donors (Lipinski definition) is 0. The molecule has 2 aromatic carbocycles. The summed E-state index contributed by atoms with van der Waals surface area (Å²) < 4.78 is 22.0. The third kappa shape index (κ3) is 7.13. The van der Waals surface area contributed by atoms with Crippen LogP contribution >= 0.6 is 0 Å². The first-order chi connectivity index (χ1) is 17.9. The van der Waals surface area contributed by atoms with Gasteiger partial charge in [-0.25, -0.2) is 9.78 Å². The minimum atomic E-state index is -0.324. The van der Waals surface area contributed by atoms with Gasteiger partial charge in [-0.2, -0.15) is 0 Å². The highest BCUT2D eigenvalue weighted by Gasteiger charge is 2.23. The van der Waals surface area contributed by atoms with E-state index in [4.69, 9.17) is 18.9 Å². The van der Waals surface area contributed by atoms with E-state index in [1.165, 1.54) is 5.56 Å². The van der Waals surface area contributed by atoms with Crippen molar-refractivity contribution in [1.29, 1.82) is 0 Å². The summed E-state index contributed by atoms with van der Waals surface area (Å²) in [6.45, 7) is 8.40. The van der Waals surface area contributed by atoms with Gasteiger partial charge in [0.15, 0.2) is 0 Å². The molecule has 8 heteroatoms. The number of aromatic nitrogens is 1. The highest BCUT2D eigenvalue weighted by molar-refractivity contribution is 5.94. The van der Waals surface area contributed by atoms with E-state index >= 15 is 0 Å². The first-order valence-corrected chi connectivity index (χ1v) is 12.5. The van der Waals surface area contributed by atoms with Crippen molar-refractivity contribution in [2.45, 2.75) is 33.1 Å². The molecule has 0 N–H and O–H groups in total. The van der Waals surface area contributed by atoms with E-state index in [0.29, 0.717) is 35.2 Å². The first-order valence-electron chi connectivity index (χ1n) is 12.5. The molecule has 1 aliphatic rings. The Kier molecular flexibility index (Phi) is 8.85. The molecular formula is C29H35N3O5. The summed E-state index contributed by atoms with van der Waals surface area (Å²) in [5, 5.41) is 0. The maximum atomic E-state index is 12.5. The quantitative estimate of drug-likeness (QED) is 0.371. The van der Waals surface area contributed by atoms with Crippen LogP contribution in [0.15, 0.2) is 60.8 Å². The third-order valence-electron chi connectivity index (χ3n) is 6.18. The summed E-state index contributed by atoms with van der Waals surface area (Å²) >= 11 is 0. The number of piperazine rings is 1. The van der Waals surface area contributed by atoms with E-state index in [9.17, 15) is 4.79 Å². The van der Waals surface area contributed by atoms with Crippen LogP contribution in [0.4, 0.5) is 5.82 Å². The molecule has 0 saturated carbocycles. The number of nitrogens with zero attached hydrogens (tertiary/aromatic N) is 3. The lowest BCUT2D eigenvalue weighted by molar-refractivity contribution is 0.0378. The lowest BCUT2D eigenvalue weighted by Crippen LogP contribution is -2.46. The Morgan fingerprint density at radius 2 is 1.51 bits per heavy atom. The molecule has 0 unspecified atom stereocenters. The second-order valence-electron chi connectivity index (χ2n) is 9.25. The van der Waals surface area contributed by atoms with E-state index in [2.05, 4.69) is 39.0 Å². The SMILES string of the molecule is COc1cc(OC)cc(OCc2ccc(CN3CCN(c4ncccc4C(=O)OC(C)C)CC3)cc2)c1. The van der Waals surface area contributed by atoms with Crippen LogP contribution in [0.25, 0.3) is 0 Å². The highest BCUT2D eigenvalue weighted by atomic mass is 16.5. The molecule has 1 fully saturated rings. The lowest BCUT2D eigenvalue weighted by atomic mass is 10.1. The third-order valence-corrected chi connectivity index (χ3v) is 6.18. The van der Waals surface area contributed by atoms with Gasteiger partial charge < -0.3 is 23.8 Å². The largest absolute Gasteiger partial charge is 0.496 e. The molecule has 0 amide bonds. The number of carbonyl (C=O) groups is 1. The van der Waals surface area contributed by atoms with Gasteiger partial charge in [-0.1, -0.05) is 24.3 Å². The van der Waals surface area contributed by atoms with Gasteiger partial charge in [0.1, 0.15) is 35.2 Å². The van der Waals surface area contributed by atoms with E-state index in [0.717, 1.165) is 38.3 Å². The Morgan fingerprint density at radius 1 is 0.892 bits per heavy atom. The Balaban J connectivity index is 1.29. The molecule has 8 nitrogen and oxygen atoms in total. The van der Waals surface area contributed by atoms with Crippen molar-refractivity contribution in [3.05, 3.63) is 77.5 Å². The highest BCUT2D eigenvalue weighted by Crippen LogP contribution is 2.28. The van der Waals surface area contributed by atoms with Crippen molar-refractivity contribution in [1.82, 2.24) is 9.88 Å². The Bertz CT molecular complexity index is 1150. The molecule has 0 bridgehead atoms. The van der Waals surface area contributed by atoms with Crippen LogP contribution in [0.5, 0.6) is 17.2 Å². The Morgan fingerprint density at radius 3 is 2.14 bits per heavy atom. The van der Waals surface area contributed by atoms with Gasteiger partial charge in [0, 0.05) is 57.1 Å². The van der Waals surface area contributed by atoms with Crippen molar-refractivity contribution >= 4 is 11.8 Å². The summed E-state index contributed by atoms with van der Waals surface area (Å²) in [5.74, 6) is 2.46. The number of ether oxygens (including phenoxy) is 4. The van der Waals surface area contributed by atoms with Crippen LogP contribution in [0.2, 0.25) is 0 Å². The first kappa shape index (κ1) is 26.3. The molecule has 2 heterocycles. The van der Waals surface area contributed by atoms with Crippen LogP contribution in [0, 0.1) is 0 Å². The molecular weight excluding hydrogens is 470 g/mol. The number of benzene rings is 2. The maximum Gasteiger partial charge on any atom is 0.342 e. The second-order valence-corrected chi connectivity index (χ2v) is 9.25. The number of esters is 1. The molecule has 0 aliphatic carbocycles. The monoisotopic (exact) mass is 505 g/mol. The number of methoxy groups -OCH3 is 2. The summed E-state index contributed by atoms with van der Waals surface area (Å²) in [4.78, 5) is 21.6. The Hall–Kier alpha value is -3.78. The zero-order valence-corrected chi connectivity index (χ0v) is 22.0. The molecule has 196 valence electrons. The minimum absolute atomic E-state index is 0.166. The molecule has 3 aromatic rings. The number of anilines is 1. The van der Waals surface area contributed by atoms with E-state index < -0.39 is 0 Å². The fourth-order valence-electron chi connectivity index (χ4n) is 4.23. The van der Waals surface area contributed by atoms with Crippen LogP contribution in [-0.2, 0) is 17.9 Å². The van der Waals surface area contributed by atoms with Gasteiger partial charge >= 0.3 is 5.97 Å². The smallest absolute Gasteiger partial charge is 0.342 e. The molecule has 4 rings (SSSR count). The summed E-state index contributed by atoms with van der Waals surface area (Å²) in [7, 11) is 3.24. The fourth-order valence-corrected chi connectivity index (χ4v) is 4.23. The summed E-state index contributed by atoms with van der Waals surface area (Å²) in [6, 6.07) is 17.6. The molecule has 37 heavy (non-hydrogen) atoms. The standard InChI is InChI=1S/C29H35N3O5/c1-21(2)37-29(33)27-6-5-11-30-28(27)32-14-12-31(13-15-32)19-22-7-9-23(10-8-22)20-36-26-17-24(34-3)16-25(18-26)35-4/h5-11,16-18,21H,12-15,19-20H2,1-4H3. The molecule has 1 saturated heterocycles. The van der Waals surface area contributed by atoms with Gasteiger partial charge in [-0.15, -0.1) is 0 Å². The molecule has 0 radical (unpaired) electrons.